The van der Waals surface area contributed by atoms with E-state index in [2.05, 4.69) is 0 Å². The first-order valence-electron chi connectivity index (χ1n) is 7.28. The first kappa shape index (κ1) is 16.8. The Bertz CT molecular complexity index is 650. The van der Waals surface area contributed by atoms with Crippen LogP contribution in [0.1, 0.15) is 37.0 Å². The number of imide groups is 1. The molecule has 1 aliphatic heterocycles. The summed E-state index contributed by atoms with van der Waals surface area (Å²) in [5, 5.41) is 0.538. The molecule has 1 aliphatic rings. The lowest BCUT2D eigenvalue weighted by molar-refractivity contribution is -0.168. The van der Waals surface area contributed by atoms with Crippen molar-refractivity contribution in [2.24, 2.45) is 5.41 Å². The van der Waals surface area contributed by atoms with Crippen LogP contribution in [0, 0.1) is 5.41 Å². The molecule has 124 valence electrons. The van der Waals surface area contributed by atoms with Gasteiger partial charge in [0.15, 0.2) is 16.9 Å². The van der Waals surface area contributed by atoms with Gasteiger partial charge >= 0.3 is 5.97 Å². The smallest absolute Gasteiger partial charge is 0.348 e. The molecule has 7 heteroatoms. The molecule has 0 bridgehead atoms. The lowest BCUT2D eigenvalue weighted by atomic mass is 9.82. The van der Waals surface area contributed by atoms with Gasteiger partial charge in [-0.25, -0.2) is 4.79 Å². The summed E-state index contributed by atoms with van der Waals surface area (Å²) in [6.07, 6.45) is 0.549. The molecule has 2 amide bonds. The maximum absolute atomic E-state index is 12.5. The Labute approximate surface area is 134 Å². The molecular weight excluding hydrogens is 302 g/mol. The molecule has 0 aliphatic carbocycles. The SMILES string of the molecule is CCC1(CC)C(=O)ON(C(=O)c2ccc(OC)c(OC)c2)C1=O. The van der Waals surface area contributed by atoms with E-state index in [-0.39, 0.29) is 18.4 Å². The molecule has 0 spiro atoms. The second-order valence-corrected chi connectivity index (χ2v) is 5.14. The van der Waals surface area contributed by atoms with E-state index in [1.165, 1.54) is 26.4 Å². The van der Waals surface area contributed by atoms with Gasteiger partial charge in [0.05, 0.1) is 14.2 Å². The third-order valence-electron chi connectivity index (χ3n) is 4.18. The number of hydrogen-bond acceptors (Lipinski definition) is 6. The van der Waals surface area contributed by atoms with E-state index in [1.807, 2.05) is 0 Å². The number of benzene rings is 1. The minimum atomic E-state index is -1.29. The molecular formula is C16H19NO6. The fraction of sp³-hybridized carbons (Fsp3) is 0.438. The summed E-state index contributed by atoms with van der Waals surface area (Å²) < 4.78 is 10.2. The van der Waals surface area contributed by atoms with Gasteiger partial charge in [-0.15, -0.1) is 0 Å². The van der Waals surface area contributed by atoms with Crippen molar-refractivity contribution in [3.05, 3.63) is 23.8 Å². The summed E-state index contributed by atoms with van der Waals surface area (Å²) in [5.41, 5.74) is -1.13. The van der Waals surface area contributed by atoms with E-state index in [0.717, 1.165) is 0 Å². The second-order valence-electron chi connectivity index (χ2n) is 5.14. The maximum atomic E-state index is 12.5. The zero-order chi connectivity index (χ0) is 17.2. The number of amides is 2. The van der Waals surface area contributed by atoms with Crippen LogP contribution < -0.4 is 9.47 Å². The first-order chi connectivity index (χ1) is 10.9. The van der Waals surface area contributed by atoms with Crippen LogP contribution in [0.5, 0.6) is 11.5 Å². The van der Waals surface area contributed by atoms with Gasteiger partial charge in [0, 0.05) is 5.56 Å². The summed E-state index contributed by atoms with van der Waals surface area (Å²) in [6.45, 7) is 3.43. The van der Waals surface area contributed by atoms with E-state index in [1.54, 1.807) is 19.9 Å². The molecule has 1 aromatic carbocycles. The highest BCUT2D eigenvalue weighted by molar-refractivity contribution is 6.15. The zero-order valence-corrected chi connectivity index (χ0v) is 13.5. The van der Waals surface area contributed by atoms with Crippen LogP contribution in [0.4, 0.5) is 0 Å². The molecule has 0 N–H and O–H groups in total. The highest BCUT2D eigenvalue weighted by Crippen LogP contribution is 2.37. The predicted octanol–water partition coefficient (Wildman–Crippen LogP) is 1.95. The van der Waals surface area contributed by atoms with Crippen molar-refractivity contribution in [2.45, 2.75) is 26.7 Å². The fourth-order valence-electron chi connectivity index (χ4n) is 2.55. The van der Waals surface area contributed by atoms with E-state index >= 15 is 0 Å². The van der Waals surface area contributed by atoms with Gasteiger partial charge in [0.1, 0.15) is 0 Å². The van der Waals surface area contributed by atoms with Crippen molar-refractivity contribution in [3.8, 4) is 11.5 Å². The Balaban J connectivity index is 2.35. The molecule has 1 aromatic rings. The molecule has 2 rings (SSSR count). The van der Waals surface area contributed by atoms with Crippen LogP contribution >= 0.6 is 0 Å². The second kappa shape index (κ2) is 6.28. The molecule has 7 nitrogen and oxygen atoms in total. The molecule has 0 aromatic heterocycles. The molecule has 0 radical (unpaired) electrons. The Morgan fingerprint density at radius 1 is 1.13 bits per heavy atom. The van der Waals surface area contributed by atoms with Crippen LogP contribution in [0.15, 0.2) is 18.2 Å². The molecule has 0 unspecified atom stereocenters. The number of ether oxygens (including phenoxy) is 2. The molecule has 0 saturated carbocycles. The molecule has 0 atom stereocenters. The number of hydrogen-bond donors (Lipinski definition) is 0. The van der Waals surface area contributed by atoms with Gasteiger partial charge in [-0.3, -0.25) is 9.59 Å². The van der Waals surface area contributed by atoms with E-state index < -0.39 is 23.2 Å². The quantitative estimate of drug-likeness (QED) is 0.609. The Morgan fingerprint density at radius 2 is 1.74 bits per heavy atom. The van der Waals surface area contributed by atoms with Crippen LogP contribution in [0.2, 0.25) is 0 Å². The van der Waals surface area contributed by atoms with Gasteiger partial charge in [-0.05, 0) is 31.0 Å². The Kier molecular flexibility index (Phi) is 4.58. The van der Waals surface area contributed by atoms with Gasteiger partial charge < -0.3 is 14.3 Å². The minimum Gasteiger partial charge on any atom is -0.493 e. The zero-order valence-electron chi connectivity index (χ0n) is 13.5. The summed E-state index contributed by atoms with van der Waals surface area (Å²) >= 11 is 0. The van der Waals surface area contributed by atoms with Gasteiger partial charge in [0.2, 0.25) is 0 Å². The number of carbonyl (C=O) groups is 3. The van der Waals surface area contributed by atoms with Gasteiger partial charge in [-0.1, -0.05) is 18.9 Å². The van der Waals surface area contributed by atoms with E-state index in [0.29, 0.717) is 16.6 Å². The standard InChI is InChI=1S/C16H19NO6/c1-5-16(6-2)14(19)17(23-15(16)20)13(18)10-7-8-11(21-3)12(9-10)22-4/h7-9H,5-6H2,1-4H3. The number of nitrogens with zero attached hydrogens (tertiary/aromatic N) is 1. The van der Waals surface area contributed by atoms with Crippen molar-refractivity contribution >= 4 is 17.8 Å². The lowest BCUT2D eigenvalue weighted by Crippen LogP contribution is -2.38. The van der Waals surface area contributed by atoms with Crippen LogP contribution in [0.25, 0.3) is 0 Å². The minimum absolute atomic E-state index is 0.159. The highest BCUT2D eigenvalue weighted by Gasteiger charge is 2.56. The van der Waals surface area contributed by atoms with Crippen molar-refractivity contribution in [3.63, 3.8) is 0 Å². The maximum Gasteiger partial charge on any atom is 0.348 e. The van der Waals surface area contributed by atoms with E-state index in [4.69, 9.17) is 14.3 Å². The highest BCUT2D eigenvalue weighted by atomic mass is 16.7. The van der Waals surface area contributed by atoms with Gasteiger partial charge in [-0.2, -0.15) is 0 Å². The molecule has 1 heterocycles. The Hall–Kier alpha value is -2.57. The van der Waals surface area contributed by atoms with E-state index in [9.17, 15) is 14.4 Å². The largest absolute Gasteiger partial charge is 0.493 e. The average molecular weight is 321 g/mol. The number of carbonyl (C=O) groups excluding carboxylic acids is 3. The molecule has 1 fully saturated rings. The third kappa shape index (κ3) is 2.52. The van der Waals surface area contributed by atoms with Crippen molar-refractivity contribution in [1.82, 2.24) is 5.06 Å². The summed E-state index contributed by atoms with van der Waals surface area (Å²) in [5.74, 6) is -1.25. The van der Waals surface area contributed by atoms with Crippen LogP contribution in [0.3, 0.4) is 0 Å². The topological polar surface area (TPSA) is 82.1 Å². The van der Waals surface area contributed by atoms with Crippen molar-refractivity contribution in [2.75, 3.05) is 14.2 Å². The summed E-state index contributed by atoms with van der Waals surface area (Å²) in [4.78, 5) is 42.0. The average Bonchev–Trinajstić information content (AvgIpc) is 2.84. The van der Waals surface area contributed by atoms with Crippen molar-refractivity contribution < 1.29 is 28.7 Å². The summed E-state index contributed by atoms with van der Waals surface area (Å²) in [6, 6.07) is 4.45. The number of hydroxylamine groups is 2. The monoisotopic (exact) mass is 321 g/mol. The van der Waals surface area contributed by atoms with Crippen LogP contribution in [-0.4, -0.2) is 37.1 Å². The normalized spacial score (nSPS) is 16.3. The fourth-order valence-corrected chi connectivity index (χ4v) is 2.55. The Morgan fingerprint density at radius 3 is 2.22 bits per heavy atom. The third-order valence-corrected chi connectivity index (χ3v) is 4.18. The lowest BCUT2D eigenvalue weighted by Gasteiger charge is -2.17. The van der Waals surface area contributed by atoms with Crippen LogP contribution in [-0.2, 0) is 14.4 Å². The molecule has 23 heavy (non-hydrogen) atoms. The first-order valence-corrected chi connectivity index (χ1v) is 7.28. The number of methoxy groups -OCH3 is 2. The van der Waals surface area contributed by atoms with Crippen molar-refractivity contribution in [1.29, 1.82) is 0 Å². The number of rotatable bonds is 5. The molecule has 1 saturated heterocycles. The summed E-state index contributed by atoms with van der Waals surface area (Å²) in [7, 11) is 2.91. The predicted molar refractivity (Wildman–Crippen MR) is 79.8 cm³/mol. The van der Waals surface area contributed by atoms with Gasteiger partial charge in [0.25, 0.3) is 11.8 Å².